The number of nitrogens with zero attached hydrogens (tertiary/aromatic N) is 6. The molecule has 0 radical (unpaired) electrons. The molecular formula is C35H39N7O2. The van der Waals surface area contributed by atoms with Crippen molar-refractivity contribution in [2.75, 3.05) is 43.4 Å². The van der Waals surface area contributed by atoms with Gasteiger partial charge in [-0.05, 0) is 85.9 Å². The van der Waals surface area contributed by atoms with Gasteiger partial charge in [-0.1, -0.05) is 29.5 Å². The van der Waals surface area contributed by atoms with Gasteiger partial charge in [0.05, 0.1) is 17.8 Å². The number of ether oxygens (including phenoxy) is 1. The lowest BCUT2D eigenvalue weighted by Crippen LogP contribution is -2.46. The summed E-state index contributed by atoms with van der Waals surface area (Å²) >= 11 is 0. The Morgan fingerprint density at radius 2 is 1.86 bits per heavy atom. The molecule has 226 valence electrons. The molecule has 44 heavy (non-hydrogen) atoms. The summed E-state index contributed by atoms with van der Waals surface area (Å²) in [5.74, 6) is 0.783. The first-order valence-corrected chi connectivity index (χ1v) is 15.4. The van der Waals surface area contributed by atoms with Crippen LogP contribution in [0.4, 0.5) is 11.4 Å². The van der Waals surface area contributed by atoms with E-state index < -0.39 is 0 Å². The van der Waals surface area contributed by atoms with E-state index in [2.05, 4.69) is 55.6 Å². The number of piperazine rings is 1. The molecule has 0 amide bonds. The Morgan fingerprint density at radius 1 is 1.00 bits per heavy atom. The van der Waals surface area contributed by atoms with E-state index in [4.69, 9.17) is 10.5 Å². The Kier molecular flexibility index (Phi) is 9.42. The van der Waals surface area contributed by atoms with Crippen LogP contribution in [0, 0.1) is 0 Å². The summed E-state index contributed by atoms with van der Waals surface area (Å²) in [5.41, 5.74) is 11.6. The topological polar surface area (TPSA) is 102 Å². The average molecular weight is 590 g/mol. The summed E-state index contributed by atoms with van der Waals surface area (Å²) in [6.45, 7) is 6.15. The zero-order valence-corrected chi connectivity index (χ0v) is 25.0. The number of nitrogen functional groups attached to an aromatic ring is 1. The van der Waals surface area contributed by atoms with Crippen molar-refractivity contribution >= 4 is 28.1 Å². The predicted molar refractivity (Wildman–Crippen MR) is 175 cm³/mol. The molecule has 2 N–H and O–H groups in total. The molecule has 6 rings (SSSR count). The van der Waals surface area contributed by atoms with Gasteiger partial charge in [0, 0.05) is 74.0 Å². The van der Waals surface area contributed by atoms with E-state index in [0.29, 0.717) is 12.2 Å². The van der Waals surface area contributed by atoms with Crippen molar-refractivity contribution in [1.82, 2.24) is 24.9 Å². The third kappa shape index (κ3) is 7.60. The Balaban J connectivity index is 0.870. The van der Waals surface area contributed by atoms with E-state index in [9.17, 15) is 4.79 Å². The Labute approximate surface area is 258 Å². The lowest BCUT2D eigenvalue weighted by atomic mass is 10.1. The summed E-state index contributed by atoms with van der Waals surface area (Å²) in [7, 11) is 0. The number of hydrogen-bond acceptors (Lipinski definition) is 8. The number of nitrogens with two attached hydrogens (primary N) is 1. The minimum absolute atomic E-state index is 0.00182. The van der Waals surface area contributed by atoms with E-state index >= 15 is 0 Å². The molecule has 9 nitrogen and oxygen atoms in total. The van der Waals surface area contributed by atoms with Crippen molar-refractivity contribution < 1.29 is 9.53 Å². The van der Waals surface area contributed by atoms with Crippen LogP contribution in [0.15, 0.2) is 96.9 Å². The summed E-state index contributed by atoms with van der Waals surface area (Å²) in [6, 6.07) is 15.4. The van der Waals surface area contributed by atoms with E-state index in [1.54, 1.807) is 6.08 Å². The van der Waals surface area contributed by atoms with Gasteiger partial charge in [-0.2, -0.15) is 0 Å². The molecule has 0 spiro atoms. The first-order valence-electron chi connectivity index (χ1n) is 15.4. The molecule has 0 atom stereocenters. The van der Waals surface area contributed by atoms with Gasteiger partial charge in [0.15, 0.2) is 5.78 Å². The van der Waals surface area contributed by atoms with Gasteiger partial charge < -0.3 is 15.4 Å². The summed E-state index contributed by atoms with van der Waals surface area (Å²) in [5, 5.41) is 9.92. The molecule has 1 aliphatic carbocycles. The van der Waals surface area contributed by atoms with Crippen LogP contribution < -0.4 is 15.4 Å². The van der Waals surface area contributed by atoms with Crippen LogP contribution >= 0.6 is 0 Å². The highest BCUT2D eigenvalue weighted by molar-refractivity contribution is 6.04. The van der Waals surface area contributed by atoms with E-state index in [1.807, 2.05) is 59.4 Å². The van der Waals surface area contributed by atoms with Gasteiger partial charge in [-0.15, -0.1) is 5.10 Å². The van der Waals surface area contributed by atoms with Crippen molar-refractivity contribution in [3.05, 3.63) is 108 Å². The number of fused-ring (bicyclic) bond motifs is 1. The third-order valence-electron chi connectivity index (χ3n) is 8.09. The molecule has 1 saturated heterocycles. The SMILES string of the molecule is Nc1ccc2c(N3CCN(Cc4cn(CCCCCOc5ccc(C(=O)/C=C/C6=CCC=C6)cc5)nn4)CC3)ccnc2c1. The van der Waals surface area contributed by atoms with Crippen LogP contribution in [0.5, 0.6) is 5.75 Å². The highest BCUT2D eigenvalue weighted by Crippen LogP contribution is 2.27. The molecular weight excluding hydrogens is 550 g/mol. The standard InChI is InChI=1S/C35H39N7O2/c36-29-11-14-32-33(24-29)37-17-16-34(32)41-21-19-40(20-22-41)25-30-26-42(39-38-30)18-4-1-5-23-44-31-12-9-28(10-13-31)35(43)15-8-27-6-2-3-7-27/h2,6-17,24,26H,1,3-5,18-23,25,36H2/b15-8+. The van der Waals surface area contributed by atoms with E-state index in [-0.39, 0.29) is 5.78 Å². The van der Waals surface area contributed by atoms with Gasteiger partial charge in [-0.25, -0.2) is 0 Å². The average Bonchev–Trinajstić information content (AvgIpc) is 3.74. The fraction of sp³-hybridized carbons (Fsp3) is 0.314. The number of aryl methyl sites for hydroxylation is 1. The molecule has 0 bridgehead atoms. The molecule has 0 saturated carbocycles. The van der Waals surface area contributed by atoms with Crippen LogP contribution in [-0.2, 0) is 13.1 Å². The fourth-order valence-electron chi connectivity index (χ4n) is 5.65. The summed E-state index contributed by atoms with van der Waals surface area (Å²) in [6.07, 6.45) is 17.6. The fourth-order valence-corrected chi connectivity index (χ4v) is 5.65. The largest absolute Gasteiger partial charge is 0.494 e. The van der Waals surface area contributed by atoms with Crippen molar-refractivity contribution in [2.24, 2.45) is 0 Å². The van der Waals surface area contributed by atoms with Crippen molar-refractivity contribution in [3.8, 4) is 5.75 Å². The lowest BCUT2D eigenvalue weighted by Gasteiger charge is -2.36. The number of unbranched alkanes of at least 4 members (excludes halogenated alkanes) is 2. The smallest absolute Gasteiger partial charge is 0.185 e. The molecule has 0 unspecified atom stereocenters. The van der Waals surface area contributed by atoms with Gasteiger partial charge >= 0.3 is 0 Å². The quantitative estimate of drug-likeness (QED) is 0.0930. The Hall–Kier alpha value is -4.76. The number of ketones is 1. The van der Waals surface area contributed by atoms with Crippen molar-refractivity contribution in [3.63, 3.8) is 0 Å². The second kappa shape index (κ2) is 14.1. The van der Waals surface area contributed by atoms with Crippen LogP contribution in [0.3, 0.4) is 0 Å². The first kappa shape index (κ1) is 29.3. The summed E-state index contributed by atoms with van der Waals surface area (Å²) in [4.78, 5) is 21.7. The van der Waals surface area contributed by atoms with Crippen LogP contribution in [0.25, 0.3) is 10.9 Å². The number of allylic oxidation sites excluding steroid dienone is 6. The Morgan fingerprint density at radius 3 is 2.68 bits per heavy atom. The number of carbonyl (C=O) groups excluding carboxylic acids is 1. The zero-order chi connectivity index (χ0) is 30.1. The number of carbonyl (C=O) groups is 1. The van der Waals surface area contributed by atoms with Crippen molar-refractivity contribution in [1.29, 1.82) is 0 Å². The summed E-state index contributed by atoms with van der Waals surface area (Å²) < 4.78 is 7.83. The molecule has 1 aliphatic heterocycles. The van der Waals surface area contributed by atoms with Gasteiger partial charge in [0.25, 0.3) is 0 Å². The monoisotopic (exact) mass is 589 g/mol. The number of rotatable bonds is 13. The molecule has 1 fully saturated rings. The van der Waals surface area contributed by atoms with Crippen LogP contribution in [0.1, 0.15) is 41.7 Å². The minimum atomic E-state index is -0.00182. The number of aromatic nitrogens is 4. The zero-order valence-electron chi connectivity index (χ0n) is 25.0. The maximum absolute atomic E-state index is 12.4. The molecule has 3 heterocycles. The normalized spacial score (nSPS) is 15.4. The van der Waals surface area contributed by atoms with Crippen LogP contribution in [-0.4, -0.2) is 63.4 Å². The van der Waals surface area contributed by atoms with E-state index in [0.717, 1.165) is 98.6 Å². The molecule has 4 aromatic rings. The van der Waals surface area contributed by atoms with Gasteiger partial charge in [-0.3, -0.25) is 19.4 Å². The number of anilines is 2. The third-order valence-corrected chi connectivity index (χ3v) is 8.09. The minimum Gasteiger partial charge on any atom is -0.494 e. The maximum Gasteiger partial charge on any atom is 0.185 e. The molecule has 9 heteroatoms. The lowest BCUT2D eigenvalue weighted by molar-refractivity contribution is 0.104. The van der Waals surface area contributed by atoms with Crippen molar-refractivity contribution in [2.45, 2.75) is 38.8 Å². The van der Waals surface area contributed by atoms with E-state index in [1.165, 1.54) is 5.69 Å². The molecule has 2 aromatic heterocycles. The van der Waals surface area contributed by atoms with Gasteiger partial charge in [0.2, 0.25) is 0 Å². The number of pyridine rings is 1. The second-order valence-electron chi connectivity index (χ2n) is 11.3. The second-order valence-corrected chi connectivity index (χ2v) is 11.3. The number of benzene rings is 2. The van der Waals surface area contributed by atoms with Gasteiger partial charge in [0.1, 0.15) is 5.75 Å². The predicted octanol–water partition coefficient (Wildman–Crippen LogP) is 5.61. The molecule has 2 aromatic carbocycles. The Bertz CT molecular complexity index is 1660. The highest BCUT2D eigenvalue weighted by Gasteiger charge is 2.20. The number of hydrogen-bond donors (Lipinski definition) is 1. The first-order chi connectivity index (χ1) is 21.6. The molecule has 2 aliphatic rings. The maximum atomic E-state index is 12.4. The highest BCUT2D eigenvalue weighted by atomic mass is 16.5. The van der Waals surface area contributed by atoms with Crippen LogP contribution in [0.2, 0.25) is 0 Å².